The second-order valence-corrected chi connectivity index (χ2v) is 11.7. The number of ketones is 2. The largest absolute Gasteiger partial charge is 0.508 e. The standard InChI is InChI=1S/C30H36N4O12/c1-7-45-27(42)29(4,28(43)46-8-2)33-32-13-10-9-12-11(3)14-16(21(36)15(12)20(13)35)24(39)30(44)18(22(14)37)19(34(5)6)23(38)17(25(30)40)26(31)41/h9-11,14,18-19,22,35-37,40,44H,7-8H2,1-6H3,(H2,31,41)/t11-,14+,18+,19+,22-,30-/m1/s1. The molecular formula is C30H36N4O12. The number of aliphatic hydroxyl groups excluding tert-OH is 3. The lowest BCUT2D eigenvalue weighted by Crippen LogP contribution is -2.70. The lowest BCUT2D eigenvalue weighted by Gasteiger charge is -2.53. The predicted octanol–water partition coefficient (Wildman–Crippen LogP) is 0.464. The highest BCUT2D eigenvalue weighted by Gasteiger charge is 2.68. The number of Topliss-reactive ketones (excluding diaryl/α,β-unsaturated/α-hetero) is 2. The minimum absolute atomic E-state index is 0.0871. The average molecular weight is 645 g/mol. The zero-order valence-electron chi connectivity index (χ0n) is 26.0. The number of azo groups is 1. The molecular weight excluding hydrogens is 608 g/mol. The fraction of sp³-hybridized carbons (Fsp3) is 0.500. The van der Waals surface area contributed by atoms with Crippen molar-refractivity contribution < 1.29 is 59.0 Å². The molecule has 0 bridgehead atoms. The molecule has 1 aromatic rings. The summed E-state index contributed by atoms with van der Waals surface area (Å²) in [6, 6.07) is 1.18. The maximum absolute atomic E-state index is 14.1. The molecule has 0 aromatic heterocycles. The van der Waals surface area contributed by atoms with E-state index in [2.05, 4.69) is 10.2 Å². The number of phenols is 1. The lowest BCUT2D eigenvalue weighted by molar-refractivity contribution is -0.169. The fourth-order valence-corrected chi connectivity index (χ4v) is 6.55. The van der Waals surface area contributed by atoms with Gasteiger partial charge >= 0.3 is 11.9 Å². The fourth-order valence-electron chi connectivity index (χ4n) is 6.55. The first-order chi connectivity index (χ1) is 21.4. The van der Waals surface area contributed by atoms with E-state index < -0.39 is 98.9 Å². The van der Waals surface area contributed by atoms with Gasteiger partial charge in [-0.1, -0.05) is 13.0 Å². The molecule has 6 atom stereocenters. The summed E-state index contributed by atoms with van der Waals surface area (Å²) < 4.78 is 9.89. The average Bonchev–Trinajstić information content (AvgIpc) is 2.98. The van der Waals surface area contributed by atoms with Crippen LogP contribution in [0.4, 0.5) is 5.69 Å². The van der Waals surface area contributed by atoms with Crippen molar-refractivity contribution >= 4 is 40.9 Å². The number of fused-ring (bicyclic) bond motifs is 3. The minimum Gasteiger partial charge on any atom is -0.508 e. The SMILES string of the molecule is CCOC(=O)C(C)(N=Nc1ccc2c(c1O)C(O)=C1C(=O)[C@@]3(O)C(O)=C(C(N)=O)C(=O)[C@@H](N(C)C)[C@H]3[C@H](O)[C@H]1[C@@H]2C)C(=O)OCC. The summed E-state index contributed by atoms with van der Waals surface area (Å²) in [5.74, 6) is -12.7. The number of carbonyl (C=O) groups is 5. The second kappa shape index (κ2) is 11.9. The third kappa shape index (κ3) is 4.75. The number of ether oxygens (including phenoxy) is 2. The number of carbonyl (C=O) groups excluding carboxylic acids is 5. The molecule has 0 unspecified atom stereocenters. The van der Waals surface area contributed by atoms with Gasteiger partial charge in [-0.25, -0.2) is 9.59 Å². The Kier molecular flexibility index (Phi) is 8.87. The van der Waals surface area contributed by atoms with Crippen LogP contribution in [0.25, 0.3) is 5.76 Å². The number of hydrogen-bond donors (Lipinski definition) is 6. The van der Waals surface area contributed by atoms with Crippen LogP contribution in [-0.4, -0.2) is 110 Å². The first kappa shape index (κ1) is 34.2. The van der Waals surface area contributed by atoms with Gasteiger partial charge in [-0.3, -0.25) is 19.3 Å². The summed E-state index contributed by atoms with van der Waals surface area (Å²) in [5.41, 5.74) is -2.11. The zero-order valence-corrected chi connectivity index (χ0v) is 26.0. The molecule has 1 saturated carbocycles. The Hall–Kier alpha value is -4.67. The molecule has 0 aliphatic heterocycles. The molecule has 3 aliphatic rings. The molecule has 16 nitrogen and oxygen atoms in total. The number of likely N-dealkylation sites (N-methyl/N-ethyl adjacent to an activating group) is 1. The van der Waals surface area contributed by atoms with Gasteiger partial charge in [0.25, 0.3) is 11.4 Å². The maximum Gasteiger partial charge on any atom is 0.347 e. The number of nitrogens with two attached hydrogens (primary N) is 1. The van der Waals surface area contributed by atoms with Gasteiger partial charge in [0.1, 0.15) is 22.8 Å². The van der Waals surface area contributed by atoms with E-state index in [1.54, 1.807) is 6.92 Å². The molecule has 0 saturated heterocycles. The van der Waals surface area contributed by atoms with Gasteiger partial charge in [-0.15, -0.1) is 0 Å². The number of benzene rings is 1. The summed E-state index contributed by atoms with van der Waals surface area (Å²) in [7, 11) is 2.82. The van der Waals surface area contributed by atoms with E-state index in [0.717, 1.165) is 6.92 Å². The summed E-state index contributed by atoms with van der Waals surface area (Å²) in [4.78, 5) is 66.1. The van der Waals surface area contributed by atoms with Crippen molar-refractivity contribution in [2.45, 2.75) is 56.9 Å². The molecule has 16 heteroatoms. The summed E-state index contributed by atoms with van der Waals surface area (Å²) in [6.07, 6.45) is -1.76. The van der Waals surface area contributed by atoms with E-state index >= 15 is 0 Å². The molecule has 0 heterocycles. The number of primary amides is 1. The molecule has 3 aliphatic carbocycles. The van der Waals surface area contributed by atoms with Crippen LogP contribution in [0.5, 0.6) is 5.75 Å². The molecule has 4 rings (SSSR count). The number of aromatic hydroxyl groups is 1. The number of esters is 2. The van der Waals surface area contributed by atoms with Gasteiger partial charge in [0.05, 0.1) is 36.8 Å². The van der Waals surface area contributed by atoms with Crippen LogP contribution in [0, 0.1) is 11.8 Å². The van der Waals surface area contributed by atoms with Crippen LogP contribution in [0.1, 0.15) is 44.7 Å². The lowest BCUT2D eigenvalue weighted by atomic mass is 9.54. The van der Waals surface area contributed by atoms with E-state index in [0.29, 0.717) is 0 Å². The molecule has 46 heavy (non-hydrogen) atoms. The van der Waals surface area contributed by atoms with Crippen molar-refractivity contribution in [1.82, 2.24) is 4.90 Å². The highest BCUT2D eigenvalue weighted by atomic mass is 16.6. The molecule has 1 aromatic carbocycles. The number of amides is 1. The van der Waals surface area contributed by atoms with Gasteiger partial charge in [0, 0.05) is 11.5 Å². The highest BCUT2D eigenvalue weighted by molar-refractivity contribution is 6.24. The van der Waals surface area contributed by atoms with E-state index in [1.807, 2.05) is 0 Å². The third-order valence-corrected chi connectivity index (χ3v) is 8.81. The summed E-state index contributed by atoms with van der Waals surface area (Å²) in [5, 5.41) is 64.9. The Morgan fingerprint density at radius 1 is 1.07 bits per heavy atom. The van der Waals surface area contributed by atoms with Crippen molar-refractivity contribution in [3.63, 3.8) is 0 Å². The molecule has 248 valence electrons. The van der Waals surface area contributed by atoms with Crippen LogP contribution in [-0.2, 0) is 33.4 Å². The van der Waals surface area contributed by atoms with E-state index in [-0.39, 0.29) is 30.0 Å². The molecule has 1 amide bonds. The number of aliphatic hydroxyl groups is 4. The Morgan fingerprint density at radius 2 is 1.63 bits per heavy atom. The van der Waals surface area contributed by atoms with Crippen molar-refractivity contribution in [3.8, 4) is 5.75 Å². The zero-order chi connectivity index (χ0) is 34.6. The van der Waals surface area contributed by atoms with Gasteiger partial charge in [0.15, 0.2) is 17.1 Å². The first-order valence-corrected chi connectivity index (χ1v) is 14.4. The quantitative estimate of drug-likeness (QED) is 0.0974. The Labute approximate surface area is 262 Å². The maximum atomic E-state index is 14.1. The highest BCUT2D eigenvalue weighted by Crippen LogP contribution is 2.57. The number of rotatable bonds is 8. The topological polar surface area (TPSA) is 259 Å². The predicted molar refractivity (Wildman–Crippen MR) is 157 cm³/mol. The number of nitrogens with zero attached hydrogens (tertiary/aromatic N) is 3. The minimum atomic E-state index is -3.07. The third-order valence-electron chi connectivity index (χ3n) is 8.81. The Bertz CT molecular complexity index is 1610. The van der Waals surface area contributed by atoms with Crippen molar-refractivity contribution in [2.75, 3.05) is 27.3 Å². The second-order valence-electron chi connectivity index (χ2n) is 11.7. The van der Waals surface area contributed by atoms with Crippen molar-refractivity contribution in [2.24, 2.45) is 27.8 Å². The van der Waals surface area contributed by atoms with Crippen LogP contribution >= 0.6 is 0 Å². The normalized spacial score (nSPS) is 27.8. The van der Waals surface area contributed by atoms with E-state index in [9.17, 15) is 49.5 Å². The van der Waals surface area contributed by atoms with Crippen LogP contribution in [0.2, 0.25) is 0 Å². The van der Waals surface area contributed by atoms with Crippen molar-refractivity contribution in [1.29, 1.82) is 0 Å². The smallest absolute Gasteiger partial charge is 0.347 e. The number of phenolic OH excluding ortho intramolecular Hbond substituents is 1. The summed E-state index contributed by atoms with van der Waals surface area (Å²) in [6.45, 7) is 5.52. The monoisotopic (exact) mass is 644 g/mol. The summed E-state index contributed by atoms with van der Waals surface area (Å²) >= 11 is 0. The number of hydrogen-bond acceptors (Lipinski definition) is 15. The van der Waals surface area contributed by atoms with E-state index in [1.165, 1.54) is 45.0 Å². The van der Waals surface area contributed by atoms with E-state index in [4.69, 9.17) is 15.2 Å². The molecule has 0 spiro atoms. The van der Waals surface area contributed by atoms with Gasteiger partial charge in [-0.2, -0.15) is 10.2 Å². The van der Waals surface area contributed by atoms with Crippen molar-refractivity contribution in [3.05, 3.63) is 40.2 Å². The van der Waals surface area contributed by atoms with Crippen LogP contribution < -0.4 is 5.73 Å². The van der Waals surface area contributed by atoms with Crippen LogP contribution in [0.3, 0.4) is 0 Å². The Balaban J connectivity index is 1.93. The first-order valence-electron chi connectivity index (χ1n) is 14.4. The molecule has 7 N–H and O–H groups in total. The van der Waals surface area contributed by atoms with Gasteiger partial charge < -0.3 is 40.7 Å². The molecule has 0 radical (unpaired) electrons. The Morgan fingerprint density at radius 3 is 2.13 bits per heavy atom. The van der Waals surface area contributed by atoms with Gasteiger partial charge in [0.2, 0.25) is 5.78 Å². The molecule has 1 fully saturated rings. The van der Waals surface area contributed by atoms with Gasteiger partial charge in [-0.05, 0) is 52.4 Å². The van der Waals surface area contributed by atoms with Crippen LogP contribution in [0.15, 0.2) is 39.3 Å².